The zero-order valence-electron chi connectivity index (χ0n) is 20.0. The molecule has 4 aliphatic rings. The lowest BCUT2D eigenvalue weighted by molar-refractivity contribution is -0.171. The number of hydrogen-bond acceptors (Lipinski definition) is 3. The number of fused-ring (bicyclic) bond motifs is 3. The number of piperidine rings is 1. The van der Waals surface area contributed by atoms with Gasteiger partial charge in [0.25, 0.3) is 0 Å². The SMILES string of the molecule is CC(C)C1=CC2=CCC3C(C)(C(=O)OCC4CCCN(C)C4)CCCC3(C)C2CC1. The number of esters is 1. The Morgan fingerprint density at radius 1 is 1.23 bits per heavy atom. The van der Waals surface area contributed by atoms with E-state index >= 15 is 0 Å². The van der Waals surface area contributed by atoms with Crippen molar-refractivity contribution in [1.29, 1.82) is 0 Å². The lowest BCUT2D eigenvalue weighted by Gasteiger charge is -2.57. The lowest BCUT2D eigenvalue weighted by Crippen LogP contribution is -2.53. The lowest BCUT2D eigenvalue weighted by atomic mass is 9.47. The minimum atomic E-state index is -0.336. The molecule has 0 spiro atoms. The summed E-state index contributed by atoms with van der Waals surface area (Å²) in [5.41, 5.74) is 3.05. The highest BCUT2D eigenvalue weighted by Crippen LogP contribution is 2.62. The van der Waals surface area contributed by atoms with Crippen LogP contribution in [0.15, 0.2) is 23.3 Å². The first-order valence-corrected chi connectivity index (χ1v) is 12.5. The molecule has 30 heavy (non-hydrogen) atoms. The molecule has 0 aromatic heterocycles. The summed E-state index contributed by atoms with van der Waals surface area (Å²) >= 11 is 0. The third-order valence-corrected chi connectivity index (χ3v) is 9.22. The number of likely N-dealkylation sites (tertiary alicyclic amines) is 1. The first-order valence-electron chi connectivity index (χ1n) is 12.5. The van der Waals surface area contributed by atoms with Crippen LogP contribution in [0.3, 0.4) is 0 Å². The fourth-order valence-corrected chi connectivity index (χ4v) is 7.36. The van der Waals surface area contributed by atoms with E-state index in [2.05, 4.69) is 51.8 Å². The highest BCUT2D eigenvalue weighted by atomic mass is 16.5. The molecule has 0 bridgehead atoms. The van der Waals surface area contributed by atoms with Gasteiger partial charge in [-0.1, -0.05) is 44.9 Å². The third-order valence-electron chi connectivity index (χ3n) is 9.22. The van der Waals surface area contributed by atoms with Gasteiger partial charge >= 0.3 is 5.97 Å². The monoisotopic (exact) mass is 413 g/mol. The summed E-state index contributed by atoms with van der Waals surface area (Å²) < 4.78 is 6.05. The Morgan fingerprint density at radius 2 is 2.03 bits per heavy atom. The van der Waals surface area contributed by atoms with E-state index < -0.39 is 0 Å². The molecule has 1 aliphatic heterocycles. The molecule has 168 valence electrons. The van der Waals surface area contributed by atoms with Crippen LogP contribution < -0.4 is 0 Å². The fourth-order valence-electron chi connectivity index (χ4n) is 7.36. The van der Waals surface area contributed by atoms with Crippen molar-refractivity contribution in [2.24, 2.45) is 34.5 Å². The van der Waals surface area contributed by atoms with Crippen LogP contribution in [-0.4, -0.2) is 37.6 Å². The number of hydrogen-bond donors (Lipinski definition) is 0. The summed E-state index contributed by atoms with van der Waals surface area (Å²) in [4.78, 5) is 15.8. The van der Waals surface area contributed by atoms with E-state index in [0.717, 1.165) is 25.8 Å². The Kier molecular flexibility index (Phi) is 6.23. The summed E-state index contributed by atoms with van der Waals surface area (Å²) in [7, 11) is 2.18. The van der Waals surface area contributed by atoms with Crippen molar-refractivity contribution in [2.75, 3.05) is 26.7 Å². The van der Waals surface area contributed by atoms with E-state index in [-0.39, 0.29) is 16.8 Å². The Morgan fingerprint density at radius 3 is 2.77 bits per heavy atom. The van der Waals surface area contributed by atoms with E-state index in [4.69, 9.17) is 4.74 Å². The maximum Gasteiger partial charge on any atom is 0.312 e. The van der Waals surface area contributed by atoms with Crippen LogP contribution in [0.4, 0.5) is 0 Å². The second kappa shape index (κ2) is 8.45. The standard InChI is InChI=1S/C27H43NO2/c1-19(2)21-9-11-23-22(16-21)10-12-24-26(23,3)13-7-14-27(24,4)25(29)30-18-20-8-6-15-28(5)17-20/h10,16,19-20,23-24H,6-9,11-15,17-18H2,1-5H3. The molecule has 1 saturated heterocycles. The first kappa shape index (κ1) is 22.1. The second-order valence-corrected chi connectivity index (χ2v) is 11.6. The van der Waals surface area contributed by atoms with E-state index in [9.17, 15) is 4.79 Å². The molecule has 1 heterocycles. The Balaban J connectivity index is 1.51. The summed E-state index contributed by atoms with van der Waals surface area (Å²) in [6.07, 6.45) is 14.3. The molecule has 3 heteroatoms. The van der Waals surface area contributed by atoms with Crippen LogP contribution in [0, 0.1) is 34.5 Å². The smallest absolute Gasteiger partial charge is 0.312 e. The minimum Gasteiger partial charge on any atom is -0.465 e. The van der Waals surface area contributed by atoms with Gasteiger partial charge in [-0.25, -0.2) is 0 Å². The molecule has 0 aromatic carbocycles. The predicted octanol–water partition coefficient (Wildman–Crippen LogP) is 6.01. The van der Waals surface area contributed by atoms with Gasteiger partial charge in [0.15, 0.2) is 0 Å². The normalized spacial score (nSPS) is 39.6. The van der Waals surface area contributed by atoms with Gasteiger partial charge in [0.2, 0.25) is 0 Å². The van der Waals surface area contributed by atoms with Crippen molar-refractivity contribution < 1.29 is 9.53 Å². The molecule has 3 nitrogen and oxygen atoms in total. The molecular formula is C27H43NO2. The molecule has 1 saturated carbocycles. The van der Waals surface area contributed by atoms with Crippen LogP contribution in [0.2, 0.25) is 0 Å². The van der Waals surface area contributed by atoms with Crippen molar-refractivity contribution in [3.8, 4) is 0 Å². The van der Waals surface area contributed by atoms with Gasteiger partial charge in [-0.15, -0.1) is 0 Å². The van der Waals surface area contributed by atoms with Gasteiger partial charge in [0.1, 0.15) is 0 Å². The number of nitrogens with zero attached hydrogens (tertiary/aromatic N) is 1. The van der Waals surface area contributed by atoms with Crippen molar-refractivity contribution in [3.05, 3.63) is 23.3 Å². The Labute approximate surface area is 184 Å². The topological polar surface area (TPSA) is 29.5 Å². The zero-order valence-corrected chi connectivity index (χ0v) is 20.0. The maximum atomic E-state index is 13.5. The van der Waals surface area contributed by atoms with Crippen LogP contribution in [0.5, 0.6) is 0 Å². The number of carbonyl (C=O) groups is 1. The molecule has 5 atom stereocenters. The van der Waals surface area contributed by atoms with E-state index in [1.807, 2.05) is 0 Å². The van der Waals surface area contributed by atoms with Gasteiger partial charge in [-0.2, -0.15) is 0 Å². The molecule has 0 radical (unpaired) electrons. The molecule has 0 N–H and O–H groups in total. The van der Waals surface area contributed by atoms with Gasteiger partial charge in [0.05, 0.1) is 12.0 Å². The average molecular weight is 414 g/mol. The van der Waals surface area contributed by atoms with Gasteiger partial charge < -0.3 is 9.64 Å². The quantitative estimate of drug-likeness (QED) is 0.529. The predicted molar refractivity (Wildman–Crippen MR) is 123 cm³/mol. The highest BCUT2D eigenvalue weighted by molar-refractivity contribution is 5.77. The van der Waals surface area contributed by atoms with Crippen LogP contribution in [-0.2, 0) is 9.53 Å². The highest BCUT2D eigenvalue weighted by Gasteiger charge is 2.57. The number of ether oxygens (including phenoxy) is 1. The maximum absolute atomic E-state index is 13.5. The zero-order chi connectivity index (χ0) is 21.5. The number of carbonyl (C=O) groups excluding carboxylic acids is 1. The fraction of sp³-hybridized carbons (Fsp3) is 0.815. The Hall–Kier alpha value is -1.09. The van der Waals surface area contributed by atoms with Crippen molar-refractivity contribution in [2.45, 2.75) is 79.1 Å². The third kappa shape index (κ3) is 3.92. The van der Waals surface area contributed by atoms with Crippen LogP contribution in [0.25, 0.3) is 0 Å². The minimum absolute atomic E-state index is 0.0812. The summed E-state index contributed by atoms with van der Waals surface area (Å²) in [5.74, 6) is 2.24. The summed E-state index contributed by atoms with van der Waals surface area (Å²) in [5, 5.41) is 0. The molecule has 4 rings (SSSR count). The first-order chi connectivity index (χ1) is 14.2. The molecule has 0 aromatic rings. The van der Waals surface area contributed by atoms with Crippen LogP contribution in [0.1, 0.15) is 79.1 Å². The van der Waals surface area contributed by atoms with Gasteiger partial charge in [-0.05, 0) is 94.2 Å². The van der Waals surface area contributed by atoms with Crippen LogP contribution >= 0.6 is 0 Å². The molecule has 3 aliphatic carbocycles. The van der Waals surface area contributed by atoms with Crippen molar-refractivity contribution in [3.63, 3.8) is 0 Å². The molecule has 5 unspecified atom stereocenters. The van der Waals surface area contributed by atoms with Crippen molar-refractivity contribution in [1.82, 2.24) is 4.90 Å². The summed E-state index contributed by atoms with van der Waals surface area (Å²) in [6.45, 7) is 12.2. The van der Waals surface area contributed by atoms with E-state index in [1.165, 1.54) is 38.6 Å². The van der Waals surface area contributed by atoms with Crippen molar-refractivity contribution >= 4 is 5.97 Å². The van der Waals surface area contributed by atoms with Gasteiger partial charge in [-0.3, -0.25) is 4.79 Å². The van der Waals surface area contributed by atoms with E-state index in [1.54, 1.807) is 11.1 Å². The molecule has 0 amide bonds. The number of allylic oxidation sites excluding steroid dienone is 4. The van der Waals surface area contributed by atoms with E-state index in [0.29, 0.717) is 30.3 Å². The average Bonchev–Trinajstić information content (AvgIpc) is 2.71. The molecule has 2 fully saturated rings. The summed E-state index contributed by atoms with van der Waals surface area (Å²) in [6, 6.07) is 0. The second-order valence-electron chi connectivity index (χ2n) is 11.6. The number of rotatable bonds is 4. The molecular weight excluding hydrogens is 370 g/mol. The Bertz CT molecular complexity index is 722. The van der Waals surface area contributed by atoms with Gasteiger partial charge in [0, 0.05) is 12.5 Å². The largest absolute Gasteiger partial charge is 0.465 e.